The Morgan fingerprint density at radius 1 is 1.35 bits per heavy atom. The number of nitrogens with two attached hydrogens (primary N) is 1. The van der Waals surface area contributed by atoms with Crippen molar-refractivity contribution in [1.82, 2.24) is 5.32 Å². The molecule has 3 nitrogen and oxygen atoms in total. The van der Waals surface area contributed by atoms with Crippen LogP contribution in [0.3, 0.4) is 0 Å². The Balaban J connectivity index is 1.87. The van der Waals surface area contributed by atoms with E-state index in [1.165, 1.54) is 24.3 Å². The summed E-state index contributed by atoms with van der Waals surface area (Å²) in [4.78, 5) is 11.7. The zero-order chi connectivity index (χ0) is 12.3. The fraction of sp³-hybridized carbons (Fsp3) is 0.462. The molecule has 1 amide bonds. The van der Waals surface area contributed by atoms with E-state index >= 15 is 0 Å². The van der Waals surface area contributed by atoms with E-state index in [2.05, 4.69) is 5.32 Å². The Morgan fingerprint density at radius 2 is 2.06 bits per heavy atom. The summed E-state index contributed by atoms with van der Waals surface area (Å²) in [7, 11) is 0. The van der Waals surface area contributed by atoms with Crippen LogP contribution >= 0.6 is 0 Å². The van der Waals surface area contributed by atoms with E-state index in [1.807, 2.05) is 0 Å². The largest absolute Gasteiger partial charge is 0.352 e. The van der Waals surface area contributed by atoms with E-state index in [4.69, 9.17) is 5.73 Å². The molecule has 1 aliphatic rings. The fourth-order valence-electron chi connectivity index (χ4n) is 2.25. The minimum atomic E-state index is -0.334. The molecule has 0 spiro atoms. The van der Waals surface area contributed by atoms with Crippen molar-refractivity contribution in [3.05, 3.63) is 35.6 Å². The van der Waals surface area contributed by atoms with Crippen LogP contribution < -0.4 is 11.1 Å². The van der Waals surface area contributed by atoms with Crippen LogP contribution in [0.5, 0.6) is 0 Å². The number of nitrogens with one attached hydrogen (secondary N) is 1. The molecule has 1 saturated carbocycles. The van der Waals surface area contributed by atoms with E-state index in [1.54, 1.807) is 0 Å². The Morgan fingerprint density at radius 3 is 2.65 bits per heavy atom. The number of benzene rings is 1. The van der Waals surface area contributed by atoms with E-state index < -0.39 is 0 Å². The summed E-state index contributed by atoms with van der Waals surface area (Å²) in [5.74, 6) is -0.122. The van der Waals surface area contributed by atoms with Crippen molar-refractivity contribution < 1.29 is 9.18 Å². The Kier molecular flexibility index (Phi) is 3.74. The third-order valence-corrected chi connectivity index (χ3v) is 3.35. The van der Waals surface area contributed by atoms with Gasteiger partial charge in [-0.3, -0.25) is 4.79 Å². The summed E-state index contributed by atoms with van der Waals surface area (Å²) < 4.78 is 12.7. The molecule has 0 aromatic heterocycles. The predicted octanol–water partition coefficient (Wildman–Crippen LogP) is 1.68. The second-order valence-electron chi connectivity index (χ2n) is 4.57. The van der Waals surface area contributed by atoms with Crippen molar-refractivity contribution >= 4 is 5.91 Å². The SMILES string of the molecule is NC1CCCC1CNC(=O)c1ccc(F)cc1. The highest BCUT2D eigenvalue weighted by Crippen LogP contribution is 2.23. The summed E-state index contributed by atoms with van der Waals surface area (Å²) in [5, 5.41) is 2.85. The molecule has 1 aromatic carbocycles. The zero-order valence-corrected chi connectivity index (χ0v) is 9.66. The second-order valence-corrected chi connectivity index (χ2v) is 4.57. The maximum Gasteiger partial charge on any atom is 0.251 e. The molecule has 0 bridgehead atoms. The molecule has 0 saturated heterocycles. The first-order chi connectivity index (χ1) is 8.16. The average Bonchev–Trinajstić information content (AvgIpc) is 2.73. The highest BCUT2D eigenvalue weighted by Gasteiger charge is 2.24. The topological polar surface area (TPSA) is 55.1 Å². The highest BCUT2D eigenvalue weighted by atomic mass is 19.1. The number of carbonyl (C=O) groups is 1. The summed E-state index contributed by atoms with van der Waals surface area (Å²) in [6, 6.07) is 5.74. The molecule has 4 heteroatoms. The Bertz CT molecular complexity index is 391. The van der Waals surface area contributed by atoms with Crippen LogP contribution in [0.4, 0.5) is 4.39 Å². The molecule has 0 radical (unpaired) electrons. The normalized spacial score (nSPS) is 23.6. The van der Waals surface area contributed by atoms with Crippen LogP contribution in [0.2, 0.25) is 0 Å². The van der Waals surface area contributed by atoms with Gasteiger partial charge in [-0.05, 0) is 43.0 Å². The zero-order valence-electron chi connectivity index (χ0n) is 9.66. The van der Waals surface area contributed by atoms with Crippen molar-refractivity contribution in [2.24, 2.45) is 11.7 Å². The van der Waals surface area contributed by atoms with Gasteiger partial charge in [-0.1, -0.05) is 6.42 Å². The molecule has 1 fully saturated rings. The average molecular weight is 236 g/mol. The minimum absolute atomic E-state index is 0.163. The van der Waals surface area contributed by atoms with Gasteiger partial charge in [0.25, 0.3) is 5.91 Å². The number of amides is 1. The van der Waals surface area contributed by atoms with Crippen LogP contribution in [-0.2, 0) is 0 Å². The highest BCUT2D eigenvalue weighted by molar-refractivity contribution is 5.94. The second kappa shape index (κ2) is 5.27. The predicted molar refractivity (Wildman–Crippen MR) is 64.0 cm³/mol. The van der Waals surface area contributed by atoms with Gasteiger partial charge in [0, 0.05) is 18.2 Å². The van der Waals surface area contributed by atoms with E-state index in [0.717, 1.165) is 19.3 Å². The molecule has 0 heterocycles. The first-order valence-corrected chi connectivity index (χ1v) is 5.96. The number of halogens is 1. The molecule has 17 heavy (non-hydrogen) atoms. The molecular weight excluding hydrogens is 219 g/mol. The monoisotopic (exact) mass is 236 g/mol. The van der Waals surface area contributed by atoms with Crippen LogP contribution in [-0.4, -0.2) is 18.5 Å². The Labute approximate surface area is 100 Å². The lowest BCUT2D eigenvalue weighted by molar-refractivity contribution is 0.0946. The van der Waals surface area contributed by atoms with E-state index in [9.17, 15) is 9.18 Å². The van der Waals surface area contributed by atoms with Crippen molar-refractivity contribution in [3.63, 3.8) is 0 Å². The van der Waals surface area contributed by atoms with Crippen LogP contribution in [0.15, 0.2) is 24.3 Å². The van der Waals surface area contributed by atoms with Gasteiger partial charge in [0.05, 0.1) is 0 Å². The van der Waals surface area contributed by atoms with Crippen LogP contribution in [0.1, 0.15) is 29.6 Å². The lowest BCUT2D eigenvalue weighted by Crippen LogP contribution is -2.35. The molecule has 2 rings (SSSR count). The lowest BCUT2D eigenvalue weighted by atomic mass is 10.0. The molecule has 92 valence electrons. The summed E-state index contributed by atoms with van der Waals surface area (Å²) in [6.45, 7) is 0.609. The van der Waals surface area contributed by atoms with Crippen molar-refractivity contribution in [1.29, 1.82) is 0 Å². The Hall–Kier alpha value is -1.42. The van der Waals surface area contributed by atoms with Gasteiger partial charge in [0.1, 0.15) is 5.82 Å². The van der Waals surface area contributed by atoms with Gasteiger partial charge in [-0.15, -0.1) is 0 Å². The van der Waals surface area contributed by atoms with Crippen molar-refractivity contribution in [3.8, 4) is 0 Å². The van der Waals surface area contributed by atoms with Crippen LogP contribution in [0.25, 0.3) is 0 Å². The maximum absolute atomic E-state index is 12.7. The fourth-order valence-corrected chi connectivity index (χ4v) is 2.25. The van der Waals surface area contributed by atoms with Gasteiger partial charge in [-0.2, -0.15) is 0 Å². The molecule has 2 atom stereocenters. The number of hydrogen-bond acceptors (Lipinski definition) is 2. The molecule has 0 aliphatic heterocycles. The minimum Gasteiger partial charge on any atom is -0.352 e. The van der Waals surface area contributed by atoms with Gasteiger partial charge in [0.15, 0.2) is 0 Å². The van der Waals surface area contributed by atoms with E-state index in [0.29, 0.717) is 18.0 Å². The molecule has 2 unspecified atom stereocenters. The van der Waals surface area contributed by atoms with E-state index in [-0.39, 0.29) is 17.8 Å². The van der Waals surface area contributed by atoms with Gasteiger partial charge >= 0.3 is 0 Å². The molecule has 3 N–H and O–H groups in total. The summed E-state index contributed by atoms with van der Waals surface area (Å²) >= 11 is 0. The van der Waals surface area contributed by atoms with Gasteiger partial charge < -0.3 is 11.1 Å². The smallest absolute Gasteiger partial charge is 0.251 e. The van der Waals surface area contributed by atoms with Crippen molar-refractivity contribution in [2.45, 2.75) is 25.3 Å². The lowest BCUT2D eigenvalue weighted by Gasteiger charge is -2.15. The maximum atomic E-state index is 12.7. The van der Waals surface area contributed by atoms with Gasteiger partial charge in [-0.25, -0.2) is 4.39 Å². The molecule has 1 aliphatic carbocycles. The standard InChI is InChI=1S/C13H17FN2O/c14-11-6-4-9(5-7-11)13(17)16-8-10-2-1-3-12(10)15/h4-7,10,12H,1-3,8,15H2,(H,16,17). The van der Waals surface area contributed by atoms with Crippen molar-refractivity contribution in [2.75, 3.05) is 6.54 Å². The molecule has 1 aromatic rings. The third kappa shape index (κ3) is 3.03. The number of rotatable bonds is 3. The van der Waals surface area contributed by atoms with Gasteiger partial charge in [0.2, 0.25) is 0 Å². The third-order valence-electron chi connectivity index (χ3n) is 3.35. The summed E-state index contributed by atoms with van der Waals surface area (Å²) in [5.41, 5.74) is 6.41. The quantitative estimate of drug-likeness (QED) is 0.839. The molecular formula is C13H17FN2O. The first kappa shape index (κ1) is 12.0. The first-order valence-electron chi connectivity index (χ1n) is 5.96. The van der Waals surface area contributed by atoms with Crippen LogP contribution in [0, 0.1) is 11.7 Å². The number of hydrogen-bond donors (Lipinski definition) is 2. The number of carbonyl (C=O) groups excluding carboxylic acids is 1. The summed E-state index contributed by atoms with van der Waals surface area (Å²) in [6.07, 6.45) is 3.25.